The molecule has 4 heteroatoms. The highest BCUT2D eigenvalue weighted by molar-refractivity contribution is 6.04. The minimum absolute atomic E-state index is 0.00653. The molecule has 0 aliphatic carbocycles. The molecule has 1 N–H and O–H groups in total. The van der Waals surface area contributed by atoms with Gasteiger partial charge < -0.3 is 10.2 Å². The molecule has 0 unspecified atom stereocenters. The summed E-state index contributed by atoms with van der Waals surface area (Å²) in [4.78, 5) is 26.8. The molecule has 1 aliphatic rings. The van der Waals surface area contributed by atoms with Crippen LogP contribution in [0.15, 0.2) is 18.2 Å². The van der Waals surface area contributed by atoms with E-state index in [0.717, 1.165) is 16.8 Å². The Bertz CT molecular complexity index is 562. The van der Waals surface area contributed by atoms with Gasteiger partial charge in [0.25, 0.3) is 5.91 Å². The molecular weight excluding hydrogens is 264 g/mol. The van der Waals surface area contributed by atoms with Crippen molar-refractivity contribution < 1.29 is 9.59 Å². The van der Waals surface area contributed by atoms with E-state index in [1.54, 1.807) is 4.90 Å². The molecule has 1 fully saturated rings. The third-order valence-corrected chi connectivity index (χ3v) is 4.67. The Hall–Kier alpha value is -1.84. The molecule has 114 valence electrons. The smallest absolute Gasteiger partial charge is 0.252 e. The lowest BCUT2D eigenvalue weighted by atomic mass is 9.90. The van der Waals surface area contributed by atoms with Crippen molar-refractivity contribution >= 4 is 17.5 Å². The number of nitrogens with zero attached hydrogens (tertiary/aromatic N) is 1. The number of amides is 2. The van der Waals surface area contributed by atoms with E-state index in [-0.39, 0.29) is 11.8 Å². The number of hydrogen-bond acceptors (Lipinski definition) is 2. The van der Waals surface area contributed by atoms with Crippen molar-refractivity contribution in [3.8, 4) is 0 Å². The molecule has 1 heterocycles. The molecule has 0 atom stereocenters. The third kappa shape index (κ3) is 2.67. The third-order valence-electron chi connectivity index (χ3n) is 4.67. The van der Waals surface area contributed by atoms with Crippen LogP contribution in [0.5, 0.6) is 0 Å². The second-order valence-electron chi connectivity index (χ2n) is 5.76. The molecule has 0 bridgehead atoms. The Morgan fingerprint density at radius 1 is 1.19 bits per heavy atom. The fraction of sp³-hybridized carbons (Fsp3) is 0.529. The van der Waals surface area contributed by atoms with E-state index in [0.29, 0.717) is 25.8 Å². The van der Waals surface area contributed by atoms with E-state index in [2.05, 4.69) is 5.32 Å². The summed E-state index contributed by atoms with van der Waals surface area (Å²) in [6.45, 7) is 8.41. The molecule has 1 aliphatic heterocycles. The van der Waals surface area contributed by atoms with E-state index in [9.17, 15) is 9.59 Å². The maximum Gasteiger partial charge on any atom is 0.252 e. The molecule has 1 saturated heterocycles. The largest absolute Gasteiger partial charge is 0.342 e. The van der Waals surface area contributed by atoms with Crippen molar-refractivity contribution in [1.82, 2.24) is 5.32 Å². The van der Waals surface area contributed by atoms with Gasteiger partial charge in [-0.05, 0) is 43.9 Å². The van der Waals surface area contributed by atoms with Gasteiger partial charge in [0.05, 0.1) is 0 Å². The zero-order valence-electron chi connectivity index (χ0n) is 13.3. The van der Waals surface area contributed by atoms with Gasteiger partial charge in [-0.1, -0.05) is 26.0 Å². The molecular formula is C17H24N2O2. The van der Waals surface area contributed by atoms with Crippen molar-refractivity contribution in [3.05, 3.63) is 29.3 Å². The Balaban J connectivity index is 2.50. The first-order chi connectivity index (χ1) is 9.95. The summed E-state index contributed by atoms with van der Waals surface area (Å²) >= 11 is 0. The van der Waals surface area contributed by atoms with Gasteiger partial charge in [-0.15, -0.1) is 0 Å². The molecule has 0 radical (unpaired) electrons. The van der Waals surface area contributed by atoms with E-state index in [1.165, 1.54) is 0 Å². The first kappa shape index (κ1) is 15.5. The van der Waals surface area contributed by atoms with Crippen molar-refractivity contribution in [3.63, 3.8) is 0 Å². The van der Waals surface area contributed by atoms with Gasteiger partial charge >= 0.3 is 0 Å². The number of carbonyl (C=O) groups excluding carboxylic acids is 2. The van der Waals surface area contributed by atoms with Crippen LogP contribution in [0.4, 0.5) is 5.69 Å². The van der Waals surface area contributed by atoms with Crippen molar-refractivity contribution in [2.75, 3.05) is 11.4 Å². The zero-order valence-corrected chi connectivity index (χ0v) is 13.3. The minimum atomic E-state index is -0.774. The summed E-state index contributed by atoms with van der Waals surface area (Å²) in [6, 6.07) is 5.97. The lowest BCUT2D eigenvalue weighted by molar-refractivity contribution is -0.130. The zero-order chi connectivity index (χ0) is 15.6. The van der Waals surface area contributed by atoms with E-state index in [4.69, 9.17) is 0 Å². The average Bonchev–Trinajstić information content (AvgIpc) is 2.60. The van der Waals surface area contributed by atoms with Crippen LogP contribution < -0.4 is 10.2 Å². The second kappa shape index (κ2) is 5.88. The van der Waals surface area contributed by atoms with E-state index >= 15 is 0 Å². The summed E-state index contributed by atoms with van der Waals surface area (Å²) in [7, 11) is 0. The Labute approximate surface area is 126 Å². The summed E-state index contributed by atoms with van der Waals surface area (Å²) < 4.78 is 0. The number of nitrogens with one attached hydrogen (secondary N) is 1. The van der Waals surface area contributed by atoms with Crippen LogP contribution in [-0.2, 0) is 9.59 Å². The quantitative estimate of drug-likeness (QED) is 0.929. The molecule has 4 nitrogen and oxygen atoms in total. The van der Waals surface area contributed by atoms with Gasteiger partial charge in [0.15, 0.2) is 0 Å². The summed E-state index contributed by atoms with van der Waals surface area (Å²) in [5.74, 6) is -0.0353. The van der Waals surface area contributed by atoms with Crippen LogP contribution in [0.25, 0.3) is 0 Å². The number of benzene rings is 1. The van der Waals surface area contributed by atoms with Gasteiger partial charge in [-0.25, -0.2) is 0 Å². The molecule has 21 heavy (non-hydrogen) atoms. The Kier molecular flexibility index (Phi) is 4.35. The lowest BCUT2D eigenvalue weighted by Gasteiger charge is -2.34. The van der Waals surface area contributed by atoms with Crippen LogP contribution in [-0.4, -0.2) is 23.9 Å². The maximum absolute atomic E-state index is 13.1. The van der Waals surface area contributed by atoms with Crippen LogP contribution >= 0.6 is 0 Å². The fourth-order valence-electron chi connectivity index (χ4n) is 2.94. The first-order valence-corrected chi connectivity index (χ1v) is 7.64. The molecule has 1 aromatic carbocycles. The maximum atomic E-state index is 13.1. The van der Waals surface area contributed by atoms with Gasteiger partial charge in [0, 0.05) is 18.7 Å². The summed E-state index contributed by atoms with van der Waals surface area (Å²) in [5.41, 5.74) is 2.40. The monoisotopic (exact) mass is 288 g/mol. The standard InChI is InChI=1S/C17H24N2O2/c1-5-17(6-2)16(21)19(11-10-15(20)18-17)14-9-7-8-12(3)13(14)4/h7-9H,5-6,10-11H2,1-4H3,(H,18,20). The number of aryl methyl sites for hydroxylation is 1. The predicted octanol–water partition coefficient (Wildman–Crippen LogP) is 2.72. The second-order valence-corrected chi connectivity index (χ2v) is 5.76. The first-order valence-electron chi connectivity index (χ1n) is 7.64. The highest BCUT2D eigenvalue weighted by Gasteiger charge is 2.42. The SMILES string of the molecule is CCC1(CC)NC(=O)CCN(c2cccc(C)c2C)C1=O. The lowest BCUT2D eigenvalue weighted by Crippen LogP contribution is -2.56. The molecule has 0 saturated carbocycles. The summed E-state index contributed by atoms with van der Waals surface area (Å²) in [6.07, 6.45) is 1.56. The topological polar surface area (TPSA) is 49.4 Å². The van der Waals surface area contributed by atoms with Gasteiger partial charge in [-0.2, -0.15) is 0 Å². The fourth-order valence-corrected chi connectivity index (χ4v) is 2.94. The Morgan fingerprint density at radius 2 is 1.86 bits per heavy atom. The predicted molar refractivity (Wildman–Crippen MR) is 84.3 cm³/mol. The number of anilines is 1. The van der Waals surface area contributed by atoms with Crippen LogP contribution in [0.3, 0.4) is 0 Å². The molecule has 0 aromatic heterocycles. The van der Waals surface area contributed by atoms with Crippen LogP contribution in [0.1, 0.15) is 44.2 Å². The van der Waals surface area contributed by atoms with Gasteiger partial charge in [0.2, 0.25) is 5.91 Å². The number of hydrogen-bond donors (Lipinski definition) is 1. The van der Waals surface area contributed by atoms with Crippen LogP contribution in [0.2, 0.25) is 0 Å². The highest BCUT2D eigenvalue weighted by atomic mass is 16.2. The Morgan fingerprint density at radius 3 is 2.48 bits per heavy atom. The van der Waals surface area contributed by atoms with Crippen molar-refractivity contribution in [2.45, 2.75) is 52.5 Å². The molecule has 0 spiro atoms. The van der Waals surface area contributed by atoms with E-state index < -0.39 is 5.54 Å². The van der Waals surface area contributed by atoms with Crippen LogP contribution in [0, 0.1) is 13.8 Å². The average molecular weight is 288 g/mol. The molecule has 2 rings (SSSR count). The van der Waals surface area contributed by atoms with Crippen molar-refractivity contribution in [1.29, 1.82) is 0 Å². The van der Waals surface area contributed by atoms with Crippen molar-refractivity contribution in [2.24, 2.45) is 0 Å². The number of carbonyl (C=O) groups is 2. The summed E-state index contributed by atoms with van der Waals surface area (Å²) in [5, 5.41) is 2.95. The van der Waals surface area contributed by atoms with Gasteiger partial charge in [0.1, 0.15) is 5.54 Å². The normalized spacial score (nSPS) is 18.4. The minimum Gasteiger partial charge on any atom is -0.342 e. The molecule has 2 amide bonds. The van der Waals surface area contributed by atoms with E-state index in [1.807, 2.05) is 45.9 Å². The highest BCUT2D eigenvalue weighted by Crippen LogP contribution is 2.29. The van der Waals surface area contributed by atoms with Gasteiger partial charge in [-0.3, -0.25) is 9.59 Å². The molecule has 1 aromatic rings. The number of rotatable bonds is 3.